The van der Waals surface area contributed by atoms with Gasteiger partial charge < -0.3 is 14.9 Å². The van der Waals surface area contributed by atoms with Crippen LogP contribution in [0.1, 0.15) is 19.7 Å². The van der Waals surface area contributed by atoms with Crippen LogP contribution in [0.2, 0.25) is 0 Å². The first-order chi connectivity index (χ1) is 9.75. The van der Waals surface area contributed by atoms with Crippen LogP contribution in [-0.4, -0.2) is 16.6 Å². The van der Waals surface area contributed by atoms with Gasteiger partial charge in [-0.2, -0.15) is 4.98 Å². The van der Waals surface area contributed by atoms with Crippen LogP contribution in [0, 0.1) is 0 Å². The van der Waals surface area contributed by atoms with E-state index in [0.29, 0.717) is 36.3 Å². The van der Waals surface area contributed by atoms with Crippen molar-refractivity contribution in [1.29, 1.82) is 0 Å². The Labute approximate surface area is 117 Å². The molecule has 3 N–H and O–H groups in total. The van der Waals surface area contributed by atoms with E-state index in [2.05, 4.69) is 15.4 Å². The normalized spacial score (nSPS) is 10.2. The van der Waals surface area contributed by atoms with E-state index in [1.54, 1.807) is 6.07 Å². The molecular formula is C14H18N4O2. The van der Waals surface area contributed by atoms with E-state index in [9.17, 15) is 0 Å². The van der Waals surface area contributed by atoms with Gasteiger partial charge in [0.15, 0.2) is 0 Å². The zero-order valence-electron chi connectivity index (χ0n) is 11.6. The minimum Gasteiger partial charge on any atom is -0.494 e. The molecule has 1 heterocycles. The van der Waals surface area contributed by atoms with E-state index in [0.717, 1.165) is 5.75 Å². The van der Waals surface area contributed by atoms with Gasteiger partial charge in [-0.05, 0) is 31.2 Å². The van der Waals surface area contributed by atoms with E-state index in [-0.39, 0.29) is 0 Å². The molecule has 2 aromatic rings. The van der Waals surface area contributed by atoms with Gasteiger partial charge in [-0.25, -0.2) is 10.8 Å². The van der Waals surface area contributed by atoms with Gasteiger partial charge in [0.25, 0.3) is 0 Å². The molecule has 0 amide bonds. The summed E-state index contributed by atoms with van der Waals surface area (Å²) in [5.74, 6) is 8.51. The topological polar surface area (TPSA) is 82.3 Å². The molecule has 0 saturated heterocycles. The number of hydrogen-bond donors (Lipinski definition) is 2. The van der Waals surface area contributed by atoms with Gasteiger partial charge in [0.05, 0.1) is 6.61 Å². The molecule has 0 saturated carbocycles. The van der Waals surface area contributed by atoms with Crippen LogP contribution in [-0.2, 0) is 6.42 Å². The van der Waals surface area contributed by atoms with Crippen LogP contribution in [0.3, 0.4) is 0 Å². The lowest BCUT2D eigenvalue weighted by atomic mass is 10.3. The summed E-state index contributed by atoms with van der Waals surface area (Å²) >= 11 is 0. The van der Waals surface area contributed by atoms with E-state index in [4.69, 9.17) is 15.3 Å². The molecule has 0 unspecified atom stereocenters. The van der Waals surface area contributed by atoms with Crippen LogP contribution in [0.5, 0.6) is 17.4 Å². The molecule has 1 aromatic carbocycles. The number of hydrogen-bond acceptors (Lipinski definition) is 6. The van der Waals surface area contributed by atoms with Gasteiger partial charge >= 0.3 is 0 Å². The highest BCUT2D eigenvalue weighted by Gasteiger charge is 2.05. The van der Waals surface area contributed by atoms with E-state index in [1.807, 2.05) is 38.1 Å². The predicted octanol–water partition coefficient (Wildman–Crippen LogP) is 2.52. The summed E-state index contributed by atoms with van der Waals surface area (Å²) in [5.41, 5.74) is 2.50. The third-order valence-electron chi connectivity index (χ3n) is 2.57. The molecule has 6 nitrogen and oxygen atoms in total. The molecule has 20 heavy (non-hydrogen) atoms. The first kappa shape index (κ1) is 14.1. The highest BCUT2D eigenvalue weighted by atomic mass is 16.5. The third-order valence-corrected chi connectivity index (χ3v) is 2.57. The van der Waals surface area contributed by atoms with Crippen molar-refractivity contribution in [1.82, 2.24) is 9.97 Å². The number of benzene rings is 1. The fourth-order valence-electron chi connectivity index (χ4n) is 1.65. The number of aryl methyl sites for hydroxylation is 1. The number of ether oxygens (including phenoxy) is 2. The molecule has 1 aromatic heterocycles. The number of nitrogen functional groups attached to an aromatic ring is 1. The number of aromatic nitrogens is 2. The van der Waals surface area contributed by atoms with Gasteiger partial charge in [0, 0.05) is 12.5 Å². The van der Waals surface area contributed by atoms with Gasteiger partial charge in [0.2, 0.25) is 5.88 Å². The summed E-state index contributed by atoms with van der Waals surface area (Å²) < 4.78 is 11.1. The van der Waals surface area contributed by atoms with Gasteiger partial charge in [0.1, 0.15) is 23.1 Å². The van der Waals surface area contributed by atoms with Crippen LogP contribution >= 0.6 is 0 Å². The second-order valence-electron chi connectivity index (χ2n) is 4.01. The smallest absolute Gasteiger partial charge is 0.224 e. The monoisotopic (exact) mass is 274 g/mol. The molecule has 2 rings (SSSR count). The lowest BCUT2D eigenvalue weighted by molar-refractivity contribution is 0.339. The van der Waals surface area contributed by atoms with Crippen molar-refractivity contribution in [2.24, 2.45) is 5.84 Å². The Morgan fingerprint density at radius 2 is 1.80 bits per heavy atom. The maximum absolute atomic E-state index is 5.69. The fourth-order valence-corrected chi connectivity index (χ4v) is 1.65. The molecule has 0 spiro atoms. The summed E-state index contributed by atoms with van der Waals surface area (Å²) in [4.78, 5) is 8.50. The van der Waals surface area contributed by atoms with Crippen LogP contribution < -0.4 is 20.7 Å². The molecule has 0 radical (unpaired) electrons. The zero-order chi connectivity index (χ0) is 14.4. The van der Waals surface area contributed by atoms with Gasteiger partial charge in [-0.1, -0.05) is 6.92 Å². The van der Waals surface area contributed by atoms with Crippen LogP contribution in [0.15, 0.2) is 30.3 Å². The zero-order valence-corrected chi connectivity index (χ0v) is 11.6. The minimum atomic E-state index is 0.453. The average molecular weight is 274 g/mol. The molecule has 0 bridgehead atoms. The Balaban J connectivity index is 2.16. The number of rotatable bonds is 6. The Morgan fingerprint density at radius 1 is 1.10 bits per heavy atom. The van der Waals surface area contributed by atoms with Crippen molar-refractivity contribution in [3.05, 3.63) is 36.2 Å². The van der Waals surface area contributed by atoms with E-state index < -0.39 is 0 Å². The molecular weight excluding hydrogens is 256 g/mol. The SMILES string of the molecule is CCOc1ccc(Oc2cc(NN)nc(CC)n2)cc1. The maximum Gasteiger partial charge on any atom is 0.224 e. The molecule has 0 aliphatic rings. The number of nitrogens with zero attached hydrogens (tertiary/aromatic N) is 2. The quantitative estimate of drug-likeness (QED) is 0.622. The van der Waals surface area contributed by atoms with Crippen molar-refractivity contribution >= 4 is 5.82 Å². The van der Waals surface area contributed by atoms with E-state index in [1.165, 1.54) is 0 Å². The molecule has 0 aliphatic carbocycles. The summed E-state index contributed by atoms with van der Waals surface area (Å²) in [6.45, 7) is 4.55. The van der Waals surface area contributed by atoms with Crippen molar-refractivity contribution in [2.75, 3.05) is 12.0 Å². The number of nitrogens with one attached hydrogen (secondary N) is 1. The summed E-state index contributed by atoms with van der Waals surface area (Å²) in [7, 11) is 0. The summed E-state index contributed by atoms with van der Waals surface area (Å²) in [6.07, 6.45) is 0.704. The van der Waals surface area contributed by atoms with Gasteiger partial charge in [-0.15, -0.1) is 0 Å². The lowest BCUT2D eigenvalue weighted by Crippen LogP contribution is -2.10. The first-order valence-electron chi connectivity index (χ1n) is 6.50. The Bertz CT molecular complexity index is 535. The number of nitrogens with two attached hydrogens (primary N) is 1. The van der Waals surface area contributed by atoms with E-state index >= 15 is 0 Å². The number of hydrazine groups is 1. The van der Waals surface area contributed by atoms with Gasteiger partial charge in [-0.3, -0.25) is 0 Å². The summed E-state index contributed by atoms with van der Waals surface area (Å²) in [6, 6.07) is 9.00. The average Bonchev–Trinajstić information content (AvgIpc) is 2.49. The first-order valence-corrected chi connectivity index (χ1v) is 6.50. The van der Waals surface area contributed by atoms with Crippen LogP contribution in [0.4, 0.5) is 5.82 Å². The third kappa shape index (κ3) is 3.58. The Kier molecular flexibility index (Phi) is 4.73. The second kappa shape index (κ2) is 6.72. The van der Waals surface area contributed by atoms with Crippen molar-refractivity contribution in [2.45, 2.75) is 20.3 Å². The fraction of sp³-hybridized carbons (Fsp3) is 0.286. The second-order valence-corrected chi connectivity index (χ2v) is 4.01. The minimum absolute atomic E-state index is 0.453. The predicted molar refractivity (Wildman–Crippen MR) is 76.9 cm³/mol. The van der Waals surface area contributed by atoms with Crippen LogP contribution in [0.25, 0.3) is 0 Å². The molecule has 106 valence electrons. The number of anilines is 1. The highest BCUT2D eigenvalue weighted by molar-refractivity contribution is 5.39. The standard InChI is InChI=1S/C14H18N4O2/c1-3-12-16-13(18-15)9-14(17-12)20-11-7-5-10(6-8-11)19-4-2/h5-9H,3-4,15H2,1-2H3,(H,16,17,18). The maximum atomic E-state index is 5.69. The summed E-state index contributed by atoms with van der Waals surface area (Å²) in [5, 5.41) is 0. The van der Waals surface area contributed by atoms with Crippen molar-refractivity contribution in [3.8, 4) is 17.4 Å². The Morgan fingerprint density at radius 3 is 2.40 bits per heavy atom. The highest BCUT2D eigenvalue weighted by Crippen LogP contribution is 2.24. The largest absolute Gasteiger partial charge is 0.494 e. The Hall–Kier alpha value is -2.34. The lowest BCUT2D eigenvalue weighted by Gasteiger charge is -2.09. The molecule has 0 aliphatic heterocycles. The molecule has 0 atom stereocenters. The molecule has 0 fully saturated rings. The molecule has 6 heteroatoms. The van der Waals surface area contributed by atoms with Crippen molar-refractivity contribution in [3.63, 3.8) is 0 Å². The van der Waals surface area contributed by atoms with Crippen molar-refractivity contribution < 1.29 is 9.47 Å².